The third-order valence-corrected chi connectivity index (χ3v) is 5.89. The fraction of sp³-hybridized carbons (Fsp3) is 0.263. The van der Waals surface area contributed by atoms with Crippen LogP contribution in [0.4, 0.5) is 5.69 Å². The number of rotatable bonds is 4. The van der Waals surface area contributed by atoms with E-state index >= 15 is 0 Å². The molecule has 0 aliphatic carbocycles. The number of nitrogens with zero attached hydrogens (tertiary/aromatic N) is 1. The summed E-state index contributed by atoms with van der Waals surface area (Å²) in [5.41, 5.74) is 7.15. The molecule has 2 atom stereocenters. The molecule has 1 aliphatic heterocycles. The summed E-state index contributed by atoms with van der Waals surface area (Å²) in [4.78, 5) is 27.3. The standard InChI is InChI=1S/C19H19ClN2O2S/c1-12-10-14(19(21)24)13-6-2-4-8-16(13)22(12)18(23)11-25-17-9-5-3-7-15(17)20/h2-9,12,14H,10-11H2,1H3,(H2,21,24)/t12-,14-/m0/s1. The van der Waals surface area contributed by atoms with Crippen LogP contribution in [0, 0.1) is 0 Å². The molecular weight excluding hydrogens is 356 g/mol. The van der Waals surface area contributed by atoms with Gasteiger partial charge in [0.1, 0.15) is 0 Å². The molecule has 0 aromatic heterocycles. The number of primary amides is 1. The maximum absolute atomic E-state index is 12.9. The van der Waals surface area contributed by atoms with Crippen molar-refractivity contribution in [3.63, 3.8) is 0 Å². The van der Waals surface area contributed by atoms with Crippen LogP contribution >= 0.6 is 23.4 Å². The number of thioether (sulfide) groups is 1. The van der Waals surface area contributed by atoms with Gasteiger partial charge in [-0.25, -0.2) is 0 Å². The molecule has 2 N–H and O–H groups in total. The number of halogens is 1. The molecule has 1 aliphatic rings. The van der Waals surface area contributed by atoms with Crippen molar-refractivity contribution in [1.29, 1.82) is 0 Å². The molecule has 0 saturated carbocycles. The molecule has 6 heteroatoms. The minimum Gasteiger partial charge on any atom is -0.369 e. The van der Waals surface area contributed by atoms with E-state index in [4.69, 9.17) is 17.3 Å². The fourth-order valence-corrected chi connectivity index (χ4v) is 4.33. The van der Waals surface area contributed by atoms with E-state index in [0.717, 1.165) is 16.1 Å². The molecule has 25 heavy (non-hydrogen) atoms. The average molecular weight is 375 g/mol. The lowest BCUT2D eigenvalue weighted by Crippen LogP contribution is -2.46. The zero-order valence-electron chi connectivity index (χ0n) is 13.8. The van der Waals surface area contributed by atoms with E-state index in [2.05, 4.69) is 0 Å². The van der Waals surface area contributed by atoms with Gasteiger partial charge < -0.3 is 10.6 Å². The Bertz CT molecular complexity index is 812. The molecule has 0 radical (unpaired) electrons. The number of benzene rings is 2. The van der Waals surface area contributed by atoms with Crippen molar-refractivity contribution >= 4 is 40.9 Å². The number of para-hydroxylation sites is 1. The molecule has 3 rings (SSSR count). The Morgan fingerprint density at radius 2 is 1.88 bits per heavy atom. The number of carbonyl (C=O) groups is 2. The van der Waals surface area contributed by atoms with E-state index in [-0.39, 0.29) is 29.5 Å². The van der Waals surface area contributed by atoms with Gasteiger partial charge in [0.2, 0.25) is 11.8 Å². The summed E-state index contributed by atoms with van der Waals surface area (Å²) in [5.74, 6) is -0.431. The van der Waals surface area contributed by atoms with Gasteiger partial charge in [0.15, 0.2) is 0 Å². The van der Waals surface area contributed by atoms with Crippen LogP contribution in [0.5, 0.6) is 0 Å². The largest absolute Gasteiger partial charge is 0.369 e. The highest BCUT2D eigenvalue weighted by atomic mass is 35.5. The number of fused-ring (bicyclic) bond motifs is 1. The van der Waals surface area contributed by atoms with Gasteiger partial charge in [0.25, 0.3) is 0 Å². The number of carbonyl (C=O) groups excluding carboxylic acids is 2. The minimum absolute atomic E-state index is 0.00668. The average Bonchev–Trinajstić information content (AvgIpc) is 2.60. The summed E-state index contributed by atoms with van der Waals surface area (Å²) in [5, 5.41) is 0.640. The monoisotopic (exact) mass is 374 g/mol. The predicted octanol–water partition coefficient (Wildman–Crippen LogP) is 3.83. The smallest absolute Gasteiger partial charge is 0.237 e. The first-order chi connectivity index (χ1) is 12.0. The first kappa shape index (κ1) is 17.8. The molecule has 1 heterocycles. The molecule has 0 bridgehead atoms. The summed E-state index contributed by atoms with van der Waals surface area (Å²) in [6.07, 6.45) is 0.537. The van der Waals surface area contributed by atoms with Gasteiger partial charge in [-0.15, -0.1) is 11.8 Å². The van der Waals surface area contributed by atoms with Crippen molar-refractivity contribution in [1.82, 2.24) is 0 Å². The first-order valence-corrected chi connectivity index (χ1v) is 9.43. The van der Waals surface area contributed by atoms with E-state index < -0.39 is 0 Å². The molecule has 0 spiro atoms. The Hall–Kier alpha value is -1.98. The van der Waals surface area contributed by atoms with Crippen molar-refractivity contribution in [3.05, 3.63) is 59.1 Å². The van der Waals surface area contributed by atoms with Crippen LogP contribution in [-0.4, -0.2) is 23.6 Å². The second kappa shape index (κ2) is 7.50. The Morgan fingerprint density at radius 3 is 2.60 bits per heavy atom. The Balaban J connectivity index is 1.83. The number of nitrogens with two attached hydrogens (primary N) is 1. The van der Waals surface area contributed by atoms with E-state index in [9.17, 15) is 9.59 Å². The summed E-state index contributed by atoms with van der Waals surface area (Å²) >= 11 is 7.58. The zero-order valence-corrected chi connectivity index (χ0v) is 15.4. The van der Waals surface area contributed by atoms with Gasteiger partial charge in [0, 0.05) is 16.6 Å². The molecule has 0 saturated heterocycles. The van der Waals surface area contributed by atoms with Crippen molar-refractivity contribution in [2.75, 3.05) is 10.7 Å². The number of anilines is 1. The SMILES string of the molecule is C[C@H]1C[C@H](C(N)=O)c2ccccc2N1C(=O)CSc1ccccc1Cl. The summed E-state index contributed by atoms with van der Waals surface area (Å²) in [7, 11) is 0. The highest BCUT2D eigenvalue weighted by molar-refractivity contribution is 8.00. The lowest BCUT2D eigenvalue weighted by molar-refractivity contribution is -0.121. The Morgan fingerprint density at radius 1 is 1.20 bits per heavy atom. The predicted molar refractivity (Wildman–Crippen MR) is 102 cm³/mol. The second-order valence-corrected chi connectivity index (χ2v) is 7.51. The van der Waals surface area contributed by atoms with Crippen LogP contribution < -0.4 is 10.6 Å². The van der Waals surface area contributed by atoms with Gasteiger partial charge in [-0.3, -0.25) is 9.59 Å². The number of hydrogen-bond donors (Lipinski definition) is 1. The van der Waals surface area contributed by atoms with Gasteiger partial charge in [-0.2, -0.15) is 0 Å². The lowest BCUT2D eigenvalue weighted by Gasteiger charge is -2.38. The van der Waals surface area contributed by atoms with Crippen molar-refractivity contribution in [3.8, 4) is 0 Å². The molecule has 2 aromatic rings. The first-order valence-electron chi connectivity index (χ1n) is 8.06. The highest BCUT2D eigenvalue weighted by Gasteiger charge is 2.35. The number of amides is 2. The quantitative estimate of drug-likeness (QED) is 0.827. The second-order valence-electron chi connectivity index (χ2n) is 6.08. The topological polar surface area (TPSA) is 63.4 Å². The van der Waals surface area contributed by atoms with Crippen LogP contribution in [0.15, 0.2) is 53.4 Å². The number of hydrogen-bond acceptors (Lipinski definition) is 3. The van der Waals surface area contributed by atoms with Gasteiger partial charge in [-0.05, 0) is 37.1 Å². The van der Waals surface area contributed by atoms with Crippen molar-refractivity contribution in [2.24, 2.45) is 5.73 Å². The normalized spacial score (nSPS) is 19.4. The van der Waals surface area contributed by atoms with E-state index in [1.165, 1.54) is 11.8 Å². The third kappa shape index (κ3) is 3.67. The van der Waals surface area contributed by atoms with Crippen LogP contribution in [0.25, 0.3) is 0 Å². The zero-order chi connectivity index (χ0) is 18.0. The molecule has 0 unspecified atom stereocenters. The summed E-state index contributed by atoms with van der Waals surface area (Å²) in [6, 6.07) is 14.9. The summed E-state index contributed by atoms with van der Waals surface area (Å²) in [6.45, 7) is 1.95. The van der Waals surface area contributed by atoms with Crippen LogP contribution in [0.2, 0.25) is 5.02 Å². The molecule has 2 aromatic carbocycles. The van der Waals surface area contributed by atoms with Crippen LogP contribution in [-0.2, 0) is 9.59 Å². The molecule has 0 fully saturated rings. The molecule has 4 nitrogen and oxygen atoms in total. The minimum atomic E-state index is -0.355. The summed E-state index contributed by atoms with van der Waals surface area (Å²) < 4.78 is 0. The fourth-order valence-electron chi connectivity index (χ4n) is 3.23. The van der Waals surface area contributed by atoms with Crippen LogP contribution in [0.1, 0.15) is 24.8 Å². The van der Waals surface area contributed by atoms with E-state index in [0.29, 0.717) is 11.4 Å². The Labute approximate surface area is 156 Å². The Kier molecular flexibility index (Phi) is 5.35. The maximum atomic E-state index is 12.9. The van der Waals surface area contributed by atoms with Gasteiger partial charge in [-0.1, -0.05) is 41.9 Å². The molecular formula is C19H19ClN2O2S. The van der Waals surface area contributed by atoms with Gasteiger partial charge >= 0.3 is 0 Å². The van der Waals surface area contributed by atoms with E-state index in [1.54, 1.807) is 4.90 Å². The van der Waals surface area contributed by atoms with Crippen molar-refractivity contribution < 1.29 is 9.59 Å². The van der Waals surface area contributed by atoms with Gasteiger partial charge in [0.05, 0.1) is 16.7 Å². The third-order valence-electron chi connectivity index (χ3n) is 4.39. The molecule has 130 valence electrons. The highest BCUT2D eigenvalue weighted by Crippen LogP contribution is 2.39. The maximum Gasteiger partial charge on any atom is 0.237 e. The van der Waals surface area contributed by atoms with Crippen LogP contribution in [0.3, 0.4) is 0 Å². The molecule has 2 amide bonds. The van der Waals surface area contributed by atoms with E-state index in [1.807, 2.05) is 55.5 Å². The van der Waals surface area contributed by atoms with Crippen molar-refractivity contribution in [2.45, 2.75) is 30.2 Å². The lowest BCUT2D eigenvalue weighted by atomic mass is 9.85.